The first-order chi connectivity index (χ1) is 14.4. The van der Waals surface area contributed by atoms with Gasteiger partial charge in [-0.25, -0.2) is 18.4 Å². The predicted molar refractivity (Wildman–Crippen MR) is 121 cm³/mol. The van der Waals surface area contributed by atoms with Crippen LogP contribution in [-0.2, 0) is 10.0 Å². The molecular formula is C20H23ClN6O2S. The minimum absolute atomic E-state index is 0.230. The van der Waals surface area contributed by atoms with Gasteiger partial charge in [-0.05, 0) is 36.4 Å². The molecule has 10 heteroatoms. The summed E-state index contributed by atoms with van der Waals surface area (Å²) in [6.07, 6.45) is 1.37. The number of aromatic nitrogens is 2. The highest BCUT2D eigenvalue weighted by molar-refractivity contribution is 7.89. The molecule has 1 aromatic heterocycles. The van der Waals surface area contributed by atoms with E-state index >= 15 is 0 Å². The summed E-state index contributed by atoms with van der Waals surface area (Å²) in [6, 6.07) is 13.7. The Bertz CT molecular complexity index is 1120. The van der Waals surface area contributed by atoms with Gasteiger partial charge < -0.3 is 16.4 Å². The van der Waals surface area contributed by atoms with Crippen molar-refractivity contribution in [1.82, 2.24) is 14.3 Å². The smallest absolute Gasteiger partial charge is 0.243 e. The van der Waals surface area contributed by atoms with E-state index in [1.54, 1.807) is 30.3 Å². The van der Waals surface area contributed by atoms with Crippen molar-refractivity contribution in [3.8, 4) is 0 Å². The van der Waals surface area contributed by atoms with Crippen LogP contribution >= 0.6 is 11.6 Å². The zero-order valence-electron chi connectivity index (χ0n) is 16.6. The van der Waals surface area contributed by atoms with E-state index in [4.69, 9.17) is 17.3 Å². The number of rotatable bonds is 8. The molecule has 3 rings (SSSR count). The Morgan fingerprint density at radius 1 is 0.967 bits per heavy atom. The molecule has 0 aliphatic heterocycles. The predicted octanol–water partition coefficient (Wildman–Crippen LogP) is 4.23. The second-order valence-electron chi connectivity index (χ2n) is 6.33. The van der Waals surface area contributed by atoms with Crippen molar-refractivity contribution >= 4 is 50.3 Å². The highest BCUT2D eigenvalue weighted by atomic mass is 35.5. The van der Waals surface area contributed by atoms with Crippen LogP contribution in [0.2, 0.25) is 5.02 Å². The molecule has 158 valence electrons. The molecule has 4 N–H and O–H groups in total. The van der Waals surface area contributed by atoms with Crippen molar-refractivity contribution in [3.63, 3.8) is 0 Å². The Morgan fingerprint density at radius 3 is 2.17 bits per heavy atom. The first kappa shape index (κ1) is 21.8. The number of hydrogen-bond donors (Lipinski definition) is 3. The minimum atomic E-state index is -3.51. The van der Waals surface area contributed by atoms with Gasteiger partial charge in [-0.3, -0.25) is 0 Å². The van der Waals surface area contributed by atoms with Gasteiger partial charge in [0.2, 0.25) is 10.0 Å². The Balaban J connectivity index is 1.81. The van der Waals surface area contributed by atoms with Crippen molar-refractivity contribution in [2.45, 2.75) is 18.7 Å². The van der Waals surface area contributed by atoms with Crippen LogP contribution in [0.4, 0.5) is 28.7 Å². The average molecular weight is 447 g/mol. The number of nitrogens with zero attached hydrogens (tertiary/aromatic N) is 3. The standard InChI is InChI=1S/C20H23ClN6O2S/c1-3-27(4-2)30(28,29)15-11-9-14(10-12-15)25-19-18(22)20(24-13-23-19)26-17-8-6-5-7-16(17)21/h5-13H,3-4,22H2,1-2H3,(H2,23,24,25,26). The quantitative estimate of drug-likeness (QED) is 0.474. The van der Waals surface area contributed by atoms with Crippen LogP contribution in [0.15, 0.2) is 59.8 Å². The molecule has 0 radical (unpaired) electrons. The molecule has 0 fully saturated rings. The highest BCUT2D eigenvalue weighted by Crippen LogP contribution is 2.31. The highest BCUT2D eigenvalue weighted by Gasteiger charge is 2.21. The number of nitrogens with two attached hydrogens (primary N) is 1. The summed E-state index contributed by atoms with van der Waals surface area (Å²) < 4.78 is 26.6. The van der Waals surface area contributed by atoms with E-state index < -0.39 is 10.0 Å². The summed E-state index contributed by atoms with van der Waals surface area (Å²) in [7, 11) is -3.51. The van der Waals surface area contributed by atoms with Gasteiger partial charge in [0.1, 0.15) is 12.0 Å². The first-order valence-corrected chi connectivity index (χ1v) is 11.2. The molecule has 2 aromatic carbocycles. The van der Waals surface area contributed by atoms with Gasteiger partial charge in [0, 0.05) is 18.8 Å². The molecule has 0 bridgehead atoms. The zero-order chi connectivity index (χ0) is 21.7. The third-order valence-electron chi connectivity index (χ3n) is 4.47. The maximum atomic E-state index is 12.6. The molecule has 0 aliphatic rings. The lowest BCUT2D eigenvalue weighted by molar-refractivity contribution is 0.445. The Morgan fingerprint density at radius 2 is 1.57 bits per heavy atom. The van der Waals surface area contributed by atoms with Crippen molar-refractivity contribution < 1.29 is 8.42 Å². The molecule has 8 nitrogen and oxygen atoms in total. The molecule has 30 heavy (non-hydrogen) atoms. The molecule has 0 unspecified atom stereocenters. The van der Waals surface area contributed by atoms with E-state index in [9.17, 15) is 8.42 Å². The topological polar surface area (TPSA) is 113 Å². The molecular weight excluding hydrogens is 424 g/mol. The second-order valence-corrected chi connectivity index (χ2v) is 8.67. The van der Waals surface area contributed by atoms with Crippen molar-refractivity contribution in [1.29, 1.82) is 0 Å². The third kappa shape index (κ3) is 4.64. The lowest BCUT2D eigenvalue weighted by atomic mass is 10.3. The zero-order valence-corrected chi connectivity index (χ0v) is 18.2. The molecule has 1 heterocycles. The second kappa shape index (κ2) is 9.29. The number of anilines is 5. The van der Waals surface area contributed by atoms with Gasteiger partial charge in [0.05, 0.1) is 15.6 Å². The fourth-order valence-corrected chi connectivity index (χ4v) is 4.49. The average Bonchev–Trinajstić information content (AvgIpc) is 2.73. The van der Waals surface area contributed by atoms with Crippen LogP contribution in [0, 0.1) is 0 Å². The largest absolute Gasteiger partial charge is 0.393 e. The van der Waals surface area contributed by atoms with Gasteiger partial charge >= 0.3 is 0 Å². The van der Waals surface area contributed by atoms with Gasteiger partial charge in [0.25, 0.3) is 0 Å². The molecule has 0 aliphatic carbocycles. The van der Waals surface area contributed by atoms with Crippen molar-refractivity contribution in [3.05, 3.63) is 59.9 Å². The maximum Gasteiger partial charge on any atom is 0.243 e. The Labute approximate surface area is 181 Å². The summed E-state index contributed by atoms with van der Waals surface area (Å²) >= 11 is 6.18. The Kier molecular flexibility index (Phi) is 6.76. The van der Waals surface area contributed by atoms with E-state index in [1.165, 1.54) is 10.6 Å². The molecule has 0 spiro atoms. The van der Waals surface area contributed by atoms with Gasteiger partial charge in [-0.1, -0.05) is 37.6 Å². The van der Waals surface area contributed by atoms with E-state index in [0.29, 0.717) is 46.8 Å². The number of halogens is 1. The number of para-hydroxylation sites is 1. The minimum Gasteiger partial charge on any atom is -0.393 e. The van der Waals surface area contributed by atoms with Crippen LogP contribution in [0.5, 0.6) is 0 Å². The number of nitrogen functional groups attached to an aromatic ring is 1. The van der Waals surface area contributed by atoms with E-state index in [1.807, 2.05) is 32.0 Å². The lowest BCUT2D eigenvalue weighted by Crippen LogP contribution is -2.30. The molecule has 0 saturated heterocycles. The lowest BCUT2D eigenvalue weighted by Gasteiger charge is -2.18. The third-order valence-corrected chi connectivity index (χ3v) is 6.86. The Hall–Kier alpha value is -2.88. The monoisotopic (exact) mass is 446 g/mol. The molecule has 0 saturated carbocycles. The molecule has 0 atom stereocenters. The van der Waals surface area contributed by atoms with E-state index in [-0.39, 0.29) is 4.90 Å². The summed E-state index contributed by atoms with van der Waals surface area (Å²) in [5.41, 5.74) is 7.82. The van der Waals surface area contributed by atoms with Crippen LogP contribution < -0.4 is 16.4 Å². The van der Waals surface area contributed by atoms with E-state index in [2.05, 4.69) is 20.6 Å². The van der Waals surface area contributed by atoms with Crippen molar-refractivity contribution in [2.75, 3.05) is 29.5 Å². The van der Waals surface area contributed by atoms with Crippen LogP contribution in [-0.4, -0.2) is 35.8 Å². The van der Waals surface area contributed by atoms with Crippen molar-refractivity contribution in [2.24, 2.45) is 0 Å². The van der Waals surface area contributed by atoms with Gasteiger partial charge in [-0.2, -0.15) is 4.31 Å². The maximum absolute atomic E-state index is 12.6. The molecule has 0 amide bonds. The number of benzene rings is 2. The number of hydrogen-bond acceptors (Lipinski definition) is 7. The van der Waals surface area contributed by atoms with Crippen LogP contribution in [0.25, 0.3) is 0 Å². The van der Waals surface area contributed by atoms with Gasteiger partial charge in [-0.15, -0.1) is 0 Å². The fraction of sp³-hybridized carbons (Fsp3) is 0.200. The summed E-state index contributed by atoms with van der Waals surface area (Å²) in [6.45, 7) is 4.45. The van der Waals surface area contributed by atoms with Crippen LogP contribution in [0.3, 0.4) is 0 Å². The fourth-order valence-electron chi connectivity index (χ4n) is 2.84. The van der Waals surface area contributed by atoms with Gasteiger partial charge in [0.15, 0.2) is 11.6 Å². The van der Waals surface area contributed by atoms with E-state index in [0.717, 1.165) is 0 Å². The number of sulfonamides is 1. The summed E-state index contributed by atoms with van der Waals surface area (Å²) in [5, 5.41) is 6.72. The number of nitrogens with one attached hydrogen (secondary N) is 2. The first-order valence-electron chi connectivity index (χ1n) is 9.36. The molecule has 3 aromatic rings. The summed E-state index contributed by atoms with van der Waals surface area (Å²) in [4.78, 5) is 8.58. The normalized spacial score (nSPS) is 11.5. The van der Waals surface area contributed by atoms with Crippen LogP contribution in [0.1, 0.15) is 13.8 Å². The summed E-state index contributed by atoms with van der Waals surface area (Å²) in [5.74, 6) is 0.792. The SMILES string of the molecule is CCN(CC)S(=O)(=O)c1ccc(Nc2ncnc(Nc3ccccc3Cl)c2N)cc1.